The van der Waals surface area contributed by atoms with Gasteiger partial charge < -0.3 is 10.4 Å². The van der Waals surface area contributed by atoms with Gasteiger partial charge in [-0.05, 0) is 18.2 Å². The van der Waals surface area contributed by atoms with Crippen LogP contribution in [0, 0.1) is 0 Å². The van der Waals surface area contributed by atoms with Gasteiger partial charge in [0.05, 0.1) is 23.7 Å². The Labute approximate surface area is 103 Å². The summed E-state index contributed by atoms with van der Waals surface area (Å²) >= 11 is 3.33. The highest BCUT2D eigenvalue weighted by molar-refractivity contribution is 9.10. The molecule has 2 rings (SSSR count). The van der Waals surface area contributed by atoms with Gasteiger partial charge in [-0.1, -0.05) is 22.0 Å². The number of aliphatic hydroxyl groups excluding tert-OH is 1. The molecule has 1 aliphatic rings. The molecule has 0 spiro atoms. The highest BCUT2D eigenvalue weighted by atomic mass is 79.9. The number of hydrogen-bond donors (Lipinski definition) is 2. The molecule has 1 aromatic rings. The van der Waals surface area contributed by atoms with Crippen LogP contribution in [0.1, 0.15) is 0 Å². The molecule has 1 saturated heterocycles. The standard InChI is InChI=1S/C10H12BrNO3S/c11-7-2-1-3-8(4-7)12-9-5-16(14,15)6-10(9)13/h1-4,9-10,12-13H,5-6H2/t9-,10-/m1/s1. The molecule has 0 unspecified atom stereocenters. The van der Waals surface area contributed by atoms with Gasteiger partial charge in [-0.25, -0.2) is 8.42 Å². The lowest BCUT2D eigenvalue weighted by molar-refractivity contribution is 0.190. The molecule has 88 valence electrons. The van der Waals surface area contributed by atoms with Crippen molar-refractivity contribution in [3.8, 4) is 0 Å². The molecule has 2 N–H and O–H groups in total. The molecule has 0 aromatic heterocycles. The maximum absolute atomic E-state index is 11.3. The number of benzene rings is 1. The van der Waals surface area contributed by atoms with Gasteiger partial charge in [-0.15, -0.1) is 0 Å². The van der Waals surface area contributed by atoms with E-state index in [1.165, 1.54) is 0 Å². The molecule has 2 atom stereocenters. The van der Waals surface area contributed by atoms with Crippen molar-refractivity contribution in [1.29, 1.82) is 0 Å². The smallest absolute Gasteiger partial charge is 0.155 e. The lowest BCUT2D eigenvalue weighted by Crippen LogP contribution is -2.31. The Bertz CT molecular complexity index is 489. The zero-order valence-corrected chi connectivity index (χ0v) is 10.8. The Morgan fingerprint density at radius 3 is 2.69 bits per heavy atom. The average molecular weight is 306 g/mol. The SMILES string of the molecule is O=S1(=O)C[C@@H](O)[C@H](Nc2cccc(Br)c2)C1. The monoisotopic (exact) mass is 305 g/mol. The van der Waals surface area contributed by atoms with E-state index in [1.807, 2.05) is 24.3 Å². The van der Waals surface area contributed by atoms with Gasteiger partial charge in [-0.2, -0.15) is 0 Å². The van der Waals surface area contributed by atoms with Crippen molar-refractivity contribution in [2.75, 3.05) is 16.8 Å². The largest absolute Gasteiger partial charge is 0.390 e. The summed E-state index contributed by atoms with van der Waals surface area (Å²) in [5.74, 6) is -0.167. The third kappa shape index (κ3) is 2.75. The zero-order valence-electron chi connectivity index (χ0n) is 8.43. The minimum atomic E-state index is -3.10. The summed E-state index contributed by atoms with van der Waals surface area (Å²) < 4.78 is 23.5. The van der Waals surface area contributed by atoms with Gasteiger partial charge in [0, 0.05) is 10.2 Å². The van der Waals surface area contributed by atoms with E-state index in [0.29, 0.717) is 0 Å². The van der Waals surface area contributed by atoms with Crippen LogP contribution in [0.25, 0.3) is 0 Å². The van der Waals surface area contributed by atoms with E-state index in [2.05, 4.69) is 21.2 Å². The molecule has 0 aliphatic carbocycles. The van der Waals surface area contributed by atoms with Crippen LogP contribution in [0.3, 0.4) is 0 Å². The van der Waals surface area contributed by atoms with Gasteiger partial charge >= 0.3 is 0 Å². The van der Waals surface area contributed by atoms with Gasteiger partial charge in [0.15, 0.2) is 9.84 Å². The third-order valence-electron chi connectivity index (χ3n) is 2.50. The van der Waals surface area contributed by atoms with Crippen molar-refractivity contribution >= 4 is 31.5 Å². The second-order valence-corrected chi connectivity index (χ2v) is 6.97. The third-order valence-corrected chi connectivity index (χ3v) is 4.71. The van der Waals surface area contributed by atoms with Crippen LogP contribution in [0.5, 0.6) is 0 Å². The van der Waals surface area contributed by atoms with Crippen LogP contribution < -0.4 is 5.32 Å². The van der Waals surface area contributed by atoms with Gasteiger partial charge in [0.2, 0.25) is 0 Å². The van der Waals surface area contributed by atoms with Crippen molar-refractivity contribution in [1.82, 2.24) is 0 Å². The van der Waals surface area contributed by atoms with Crippen LogP contribution >= 0.6 is 15.9 Å². The number of nitrogens with one attached hydrogen (secondary N) is 1. The molecule has 4 nitrogen and oxygen atoms in total. The topological polar surface area (TPSA) is 66.4 Å². The van der Waals surface area contributed by atoms with E-state index < -0.39 is 22.0 Å². The fraction of sp³-hybridized carbons (Fsp3) is 0.400. The number of rotatable bonds is 2. The number of aliphatic hydroxyl groups is 1. The molecule has 1 heterocycles. The molecule has 1 aliphatic heterocycles. The molecule has 0 saturated carbocycles. The van der Waals surface area contributed by atoms with E-state index in [-0.39, 0.29) is 11.5 Å². The van der Waals surface area contributed by atoms with E-state index in [4.69, 9.17) is 0 Å². The Kier molecular flexibility index (Phi) is 3.23. The van der Waals surface area contributed by atoms with Crippen LogP contribution in [-0.2, 0) is 9.84 Å². The van der Waals surface area contributed by atoms with Gasteiger partial charge in [-0.3, -0.25) is 0 Å². The van der Waals surface area contributed by atoms with Crippen molar-refractivity contribution < 1.29 is 13.5 Å². The first kappa shape index (κ1) is 11.9. The first-order chi connectivity index (χ1) is 7.46. The van der Waals surface area contributed by atoms with E-state index in [0.717, 1.165) is 10.2 Å². The summed E-state index contributed by atoms with van der Waals surface area (Å²) in [6.45, 7) is 0. The van der Waals surface area contributed by atoms with Crippen LogP contribution in [0.2, 0.25) is 0 Å². The molecule has 6 heteroatoms. The van der Waals surface area contributed by atoms with Crippen LogP contribution in [-0.4, -0.2) is 37.2 Å². The van der Waals surface area contributed by atoms with E-state index >= 15 is 0 Å². The number of sulfone groups is 1. The molecule has 16 heavy (non-hydrogen) atoms. The van der Waals surface area contributed by atoms with Crippen LogP contribution in [0.4, 0.5) is 5.69 Å². The normalized spacial score (nSPS) is 27.9. The molecular formula is C10H12BrNO3S. The Balaban J connectivity index is 2.11. The summed E-state index contributed by atoms with van der Waals surface area (Å²) in [7, 11) is -3.10. The Hall–Kier alpha value is -0.590. The van der Waals surface area contributed by atoms with E-state index in [1.54, 1.807) is 0 Å². The van der Waals surface area contributed by atoms with E-state index in [9.17, 15) is 13.5 Å². The van der Waals surface area contributed by atoms with Crippen LogP contribution in [0.15, 0.2) is 28.7 Å². The maximum Gasteiger partial charge on any atom is 0.155 e. The first-order valence-electron chi connectivity index (χ1n) is 4.87. The highest BCUT2D eigenvalue weighted by Gasteiger charge is 2.36. The molecule has 0 amide bonds. The van der Waals surface area contributed by atoms with Gasteiger partial charge in [0.25, 0.3) is 0 Å². The second-order valence-electron chi connectivity index (χ2n) is 3.91. The van der Waals surface area contributed by atoms with Gasteiger partial charge in [0.1, 0.15) is 0 Å². The summed E-state index contributed by atoms with van der Waals surface area (Å²) in [6, 6.07) is 6.99. The van der Waals surface area contributed by atoms with Crippen molar-refractivity contribution in [2.24, 2.45) is 0 Å². The first-order valence-corrected chi connectivity index (χ1v) is 7.48. The summed E-state index contributed by atoms with van der Waals surface area (Å²) in [4.78, 5) is 0. The number of halogens is 1. The lowest BCUT2D eigenvalue weighted by atomic mass is 10.2. The molecule has 0 radical (unpaired) electrons. The lowest BCUT2D eigenvalue weighted by Gasteiger charge is -2.16. The average Bonchev–Trinajstić information content (AvgIpc) is 2.39. The molecule has 1 fully saturated rings. The predicted molar refractivity (Wildman–Crippen MR) is 66.2 cm³/mol. The summed E-state index contributed by atoms with van der Waals surface area (Å²) in [6.07, 6.45) is -0.830. The number of hydrogen-bond acceptors (Lipinski definition) is 4. The van der Waals surface area contributed by atoms with Crippen molar-refractivity contribution in [3.05, 3.63) is 28.7 Å². The predicted octanol–water partition coefficient (Wildman–Crippen LogP) is 1.02. The Morgan fingerprint density at radius 2 is 2.12 bits per heavy atom. The zero-order chi connectivity index (χ0) is 11.8. The fourth-order valence-electron chi connectivity index (χ4n) is 1.76. The van der Waals surface area contributed by atoms with Crippen molar-refractivity contribution in [3.63, 3.8) is 0 Å². The molecule has 1 aromatic carbocycles. The highest BCUT2D eigenvalue weighted by Crippen LogP contribution is 2.20. The van der Waals surface area contributed by atoms with Crippen molar-refractivity contribution in [2.45, 2.75) is 12.1 Å². The minimum absolute atomic E-state index is 0.0132. The maximum atomic E-state index is 11.3. The Morgan fingerprint density at radius 1 is 1.38 bits per heavy atom. The quantitative estimate of drug-likeness (QED) is 0.856. The number of anilines is 1. The fourth-order valence-corrected chi connectivity index (χ4v) is 3.90. The minimum Gasteiger partial charge on any atom is -0.390 e. The molecular weight excluding hydrogens is 294 g/mol. The molecule has 0 bridgehead atoms. The summed E-state index contributed by atoms with van der Waals surface area (Å²) in [5.41, 5.74) is 0.801. The summed E-state index contributed by atoms with van der Waals surface area (Å²) in [5, 5.41) is 12.6. The second kappa shape index (κ2) is 4.35.